The average Bonchev–Trinajstić information content (AvgIpc) is 3.50. The van der Waals surface area contributed by atoms with E-state index in [-0.39, 0.29) is 5.41 Å². The van der Waals surface area contributed by atoms with Crippen molar-refractivity contribution in [1.82, 2.24) is 15.0 Å². The van der Waals surface area contributed by atoms with E-state index in [1.807, 2.05) is 18.2 Å². The molecule has 0 N–H and O–H groups in total. The summed E-state index contributed by atoms with van der Waals surface area (Å²) in [5.41, 5.74) is 10.6. The fourth-order valence-electron chi connectivity index (χ4n) is 9.12. The Hall–Kier alpha value is -6.97. The van der Waals surface area contributed by atoms with Crippen LogP contribution in [0.1, 0.15) is 25.0 Å². The van der Waals surface area contributed by atoms with Gasteiger partial charge in [0, 0.05) is 22.1 Å². The molecule has 0 saturated heterocycles. The zero-order chi connectivity index (χ0) is 36.7. The minimum Gasteiger partial charge on any atom is -0.208 e. The molecule has 0 bridgehead atoms. The van der Waals surface area contributed by atoms with Crippen molar-refractivity contribution in [2.24, 2.45) is 0 Å². The van der Waals surface area contributed by atoms with Gasteiger partial charge in [-0.05, 0) is 82.5 Å². The van der Waals surface area contributed by atoms with Crippen LogP contribution in [0.3, 0.4) is 0 Å². The number of hydrogen-bond acceptors (Lipinski definition) is 3. The summed E-state index contributed by atoms with van der Waals surface area (Å²) >= 11 is 0. The normalized spacial score (nSPS) is 13.1. The molecule has 3 nitrogen and oxygen atoms in total. The van der Waals surface area contributed by atoms with E-state index in [0.717, 1.165) is 33.0 Å². The third-order valence-electron chi connectivity index (χ3n) is 11.7. The van der Waals surface area contributed by atoms with Gasteiger partial charge in [0.05, 0.1) is 0 Å². The van der Waals surface area contributed by atoms with Gasteiger partial charge in [-0.1, -0.05) is 184 Å². The van der Waals surface area contributed by atoms with Crippen molar-refractivity contribution in [3.63, 3.8) is 0 Å². The summed E-state index contributed by atoms with van der Waals surface area (Å²) in [6.45, 7) is 4.80. The van der Waals surface area contributed by atoms with Crippen molar-refractivity contribution in [1.29, 1.82) is 0 Å². The summed E-state index contributed by atoms with van der Waals surface area (Å²) in [6.07, 6.45) is 0. The minimum absolute atomic E-state index is 0.205. The Morgan fingerprint density at radius 1 is 0.345 bits per heavy atom. The van der Waals surface area contributed by atoms with Crippen LogP contribution in [0.2, 0.25) is 0 Å². The molecule has 1 aliphatic rings. The SMILES string of the molecule is CC1(C)c2cc(-c3ccc(-c4nc(-c5ccccc5)nc(-c5cccc6ccccc56)n4)cc3)c3ccccc3c2-c2c1c1ccccc1c1ccccc21. The Balaban J connectivity index is 1.09. The van der Waals surface area contributed by atoms with E-state index < -0.39 is 0 Å². The van der Waals surface area contributed by atoms with E-state index in [1.54, 1.807) is 0 Å². The van der Waals surface area contributed by atoms with Gasteiger partial charge in [0.2, 0.25) is 0 Å². The van der Waals surface area contributed by atoms with Gasteiger partial charge in [-0.15, -0.1) is 0 Å². The molecule has 1 heterocycles. The lowest BCUT2D eigenvalue weighted by Gasteiger charge is -2.24. The quantitative estimate of drug-likeness (QED) is 0.171. The molecule has 11 rings (SSSR count). The first-order valence-corrected chi connectivity index (χ1v) is 19.0. The Morgan fingerprint density at radius 2 is 0.836 bits per heavy atom. The maximum absolute atomic E-state index is 5.12. The number of fused-ring (bicyclic) bond motifs is 11. The van der Waals surface area contributed by atoms with E-state index in [1.165, 1.54) is 60.1 Å². The molecule has 0 fully saturated rings. The third-order valence-corrected chi connectivity index (χ3v) is 11.7. The van der Waals surface area contributed by atoms with Crippen molar-refractivity contribution in [2.75, 3.05) is 0 Å². The van der Waals surface area contributed by atoms with Gasteiger partial charge < -0.3 is 0 Å². The van der Waals surface area contributed by atoms with Gasteiger partial charge in [-0.25, -0.2) is 15.0 Å². The van der Waals surface area contributed by atoms with Crippen molar-refractivity contribution in [2.45, 2.75) is 19.3 Å². The van der Waals surface area contributed by atoms with Crippen molar-refractivity contribution in [3.8, 4) is 56.4 Å². The van der Waals surface area contributed by atoms with E-state index in [9.17, 15) is 0 Å². The molecule has 0 aliphatic heterocycles. The second-order valence-corrected chi connectivity index (χ2v) is 15.1. The van der Waals surface area contributed by atoms with Crippen LogP contribution in [-0.2, 0) is 5.41 Å². The topological polar surface area (TPSA) is 38.7 Å². The average molecular weight is 702 g/mol. The lowest BCUT2D eigenvalue weighted by atomic mass is 9.78. The smallest absolute Gasteiger partial charge is 0.164 e. The van der Waals surface area contributed by atoms with E-state index >= 15 is 0 Å². The summed E-state index contributed by atoms with van der Waals surface area (Å²) < 4.78 is 0. The molecule has 0 radical (unpaired) electrons. The number of rotatable bonds is 4. The first kappa shape index (κ1) is 31.5. The summed E-state index contributed by atoms with van der Waals surface area (Å²) in [6, 6.07) is 62.9. The zero-order valence-corrected chi connectivity index (χ0v) is 30.6. The highest BCUT2D eigenvalue weighted by Crippen LogP contribution is 2.57. The van der Waals surface area contributed by atoms with Gasteiger partial charge in [0.1, 0.15) is 0 Å². The molecule has 258 valence electrons. The summed E-state index contributed by atoms with van der Waals surface area (Å²) in [5, 5.41) is 10.1. The van der Waals surface area contributed by atoms with Crippen LogP contribution in [0.4, 0.5) is 0 Å². The highest BCUT2D eigenvalue weighted by Gasteiger charge is 2.40. The van der Waals surface area contributed by atoms with Crippen LogP contribution in [0.25, 0.3) is 99.5 Å². The second-order valence-electron chi connectivity index (χ2n) is 15.1. The van der Waals surface area contributed by atoms with Crippen LogP contribution in [0.5, 0.6) is 0 Å². The molecular formula is C52H35N3. The fraction of sp³-hybridized carbons (Fsp3) is 0.0577. The van der Waals surface area contributed by atoms with E-state index in [2.05, 4.69) is 172 Å². The molecule has 9 aromatic carbocycles. The summed E-state index contributed by atoms with van der Waals surface area (Å²) in [4.78, 5) is 15.2. The van der Waals surface area contributed by atoms with Gasteiger partial charge in [-0.3, -0.25) is 0 Å². The molecule has 3 heteroatoms. The van der Waals surface area contributed by atoms with E-state index in [4.69, 9.17) is 15.0 Å². The highest BCUT2D eigenvalue weighted by molar-refractivity contribution is 6.22. The van der Waals surface area contributed by atoms with Crippen LogP contribution in [0.15, 0.2) is 176 Å². The molecule has 10 aromatic rings. The van der Waals surface area contributed by atoms with Gasteiger partial charge >= 0.3 is 0 Å². The predicted molar refractivity (Wildman–Crippen MR) is 229 cm³/mol. The summed E-state index contributed by atoms with van der Waals surface area (Å²) in [7, 11) is 0. The summed E-state index contributed by atoms with van der Waals surface area (Å²) in [5.74, 6) is 1.97. The Labute approximate surface area is 319 Å². The maximum atomic E-state index is 5.12. The van der Waals surface area contributed by atoms with Crippen molar-refractivity contribution >= 4 is 43.1 Å². The first-order chi connectivity index (χ1) is 27.0. The monoisotopic (exact) mass is 701 g/mol. The predicted octanol–water partition coefficient (Wildman–Crippen LogP) is 13.5. The van der Waals surface area contributed by atoms with Gasteiger partial charge in [0.15, 0.2) is 17.5 Å². The number of nitrogens with zero attached hydrogens (tertiary/aromatic N) is 3. The Kier molecular flexibility index (Phi) is 6.90. The minimum atomic E-state index is -0.205. The molecule has 0 spiro atoms. The van der Waals surface area contributed by atoms with Gasteiger partial charge in [-0.2, -0.15) is 0 Å². The molecule has 0 amide bonds. The maximum Gasteiger partial charge on any atom is 0.164 e. The molecule has 0 unspecified atom stereocenters. The second kappa shape index (κ2) is 12.0. The Bertz CT molecular complexity index is 3160. The van der Waals surface area contributed by atoms with Crippen LogP contribution in [-0.4, -0.2) is 15.0 Å². The lowest BCUT2D eigenvalue weighted by Crippen LogP contribution is -2.16. The van der Waals surface area contributed by atoms with Crippen LogP contribution < -0.4 is 0 Å². The molecule has 0 atom stereocenters. The number of hydrogen-bond donors (Lipinski definition) is 0. The highest BCUT2D eigenvalue weighted by atomic mass is 15.0. The molecule has 0 saturated carbocycles. The van der Waals surface area contributed by atoms with Gasteiger partial charge in [0.25, 0.3) is 0 Å². The number of benzene rings is 9. The number of aromatic nitrogens is 3. The van der Waals surface area contributed by atoms with E-state index in [0.29, 0.717) is 17.5 Å². The molecule has 55 heavy (non-hydrogen) atoms. The Morgan fingerprint density at radius 3 is 1.55 bits per heavy atom. The fourth-order valence-corrected chi connectivity index (χ4v) is 9.12. The molecule has 1 aliphatic carbocycles. The van der Waals surface area contributed by atoms with Crippen molar-refractivity contribution in [3.05, 3.63) is 187 Å². The van der Waals surface area contributed by atoms with Crippen LogP contribution in [0, 0.1) is 0 Å². The lowest BCUT2D eigenvalue weighted by molar-refractivity contribution is 0.667. The third kappa shape index (κ3) is 4.79. The first-order valence-electron chi connectivity index (χ1n) is 19.0. The molecular weight excluding hydrogens is 667 g/mol. The largest absolute Gasteiger partial charge is 0.208 e. The standard InChI is InChI=1S/C52H35N3/c1-52(2)45-31-44(39-22-9-11-23-40(39)46(45)47-41-24-12-8-20-37(41)38-21-10-13-25-42(38)48(47)52)33-27-29-35(30-28-33)50-53-49(34-16-4-3-5-17-34)54-51(55-50)43-26-14-18-32-15-6-7-19-36(32)43/h3-31H,1-2H3. The van der Waals surface area contributed by atoms with Crippen LogP contribution >= 0.6 is 0 Å². The van der Waals surface area contributed by atoms with Crippen molar-refractivity contribution < 1.29 is 0 Å². The molecule has 1 aromatic heterocycles. The zero-order valence-electron chi connectivity index (χ0n) is 30.6.